The summed E-state index contributed by atoms with van der Waals surface area (Å²) in [7, 11) is 0. The third-order valence-electron chi connectivity index (χ3n) is 5.64. The van der Waals surface area contributed by atoms with Crippen molar-refractivity contribution in [2.45, 2.75) is 12.0 Å². The molecule has 5 aromatic rings. The number of hydrogen-bond donors (Lipinski definition) is 5. The van der Waals surface area contributed by atoms with Crippen molar-refractivity contribution in [2.75, 3.05) is 11.1 Å². The molecule has 2 aromatic heterocycles. The fourth-order valence-corrected chi connectivity index (χ4v) is 4.04. The number of primary amides is 1. The van der Waals surface area contributed by atoms with Crippen LogP contribution in [0.3, 0.4) is 0 Å². The first-order valence-electron chi connectivity index (χ1n) is 10.8. The summed E-state index contributed by atoms with van der Waals surface area (Å²) in [6, 6.07) is 20.8. The summed E-state index contributed by atoms with van der Waals surface area (Å²) in [5.41, 5.74) is 14.6. The molecule has 7 N–H and O–H groups in total. The summed E-state index contributed by atoms with van der Waals surface area (Å²) >= 11 is 0. The van der Waals surface area contributed by atoms with Gasteiger partial charge in [0.15, 0.2) is 11.6 Å². The molecule has 0 saturated heterocycles. The molecule has 0 bridgehead atoms. The number of nitrogens with two attached hydrogens (primary N) is 2. The van der Waals surface area contributed by atoms with E-state index in [1.807, 2.05) is 0 Å². The molecule has 0 saturated carbocycles. The highest BCUT2D eigenvalue weighted by Crippen LogP contribution is 2.31. The van der Waals surface area contributed by atoms with Crippen molar-refractivity contribution >= 4 is 45.5 Å². The molecule has 2 atom stereocenters. The topological polar surface area (TPSA) is 173 Å². The molecule has 0 fully saturated rings. The number of carbonyl (C=O) groups is 2. The molecule has 35 heavy (non-hydrogen) atoms. The maximum atomic E-state index is 13.2. The maximum absolute atomic E-state index is 13.2. The molecule has 5 rings (SSSR count). The van der Waals surface area contributed by atoms with Gasteiger partial charge in [-0.05, 0) is 35.9 Å². The number of benzene rings is 3. The zero-order valence-corrected chi connectivity index (χ0v) is 18.3. The van der Waals surface area contributed by atoms with E-state index in [1.54, 1.807) is 72.8 Å². The number of fused-ring (bicyclic) bond motifs is 2. The third-order valence-corrected chi connectivity index (χ3v) is 5.64. The van der Waals surface area contributed by atoms with Crippen molar-refractivity contribution in [2.24, 2.45) is 5.73 Å². The molecule has 2 amide bonds. The zero-order chi connectivity index (χ0) is 24.5. The Morgan fingerprint density at radius 2 is 1.57 bits per heavy atom. The summed E-state index contributed by atoms with van der Waals surface area (Å²) in [6.45, 7) is 0. The molecule has 10 heteroatoms. The summed E-state index contributed by atoms with van der Waals surface area (Å²) < 4.78 is 0. The molecule has 0 spiro atoms. The number of carbonyl (C=O) groups excluding carboxylic acids is 2. The maximum Gasteiger partial charge on any atom is 0.269 e. The predicted octanol–water partition coefficient (Wildman–Crippen LogP) is 2.32. The van der Waals surface area contributed by atoms with Crippen LogP contribution < -0.4 is 16.8 Å². The lowest BCUT2D eigenvalue weighted by Gasteiger charge is -2.24. The van der Waals surface area contributed by atoms with E-state index < -0.39 is 23.8 Å². The van der Waals surface area contributed by atoms with Crippen molar-refractivity contribution in [1.29, 1.82) is 0 Å². The van der Waals surface area contributed by atoms with Crippen molar-refractivity contribution < 1.29 is 14.7 Å². The second-order valence-corrected chi connectivity index (χ2v) is 7.99. The summed E-state index contributed by atoms with van der Waals surface area (Å²) in [5, 5.41) is 14.0. The molecule has 0 aliphatic rings. The number of aromatic nitrogens is 4. The van der Waals surface area contributed by atoms with Crippen molar-refractivity contribution in [3.05, 3.63) is 89.7 Å². The van der Waals surface area contributed by atoms with Crippen molar-refractivity contribution in [3.8, 4) is 0 Å². The van der Waals surface area contributed by atoms with Crippen LogP contribution in [0.5, 0.6) is 0 Å². The molecule has 0 aliphatic carbocycles. The third kappa shape index (κ3) is 4.25. The molecule has 10 nitrogen and oxygen atoms in total. The van der Waals surface area contributed by atoms with E-state index >= 15 is 0 Å². The number of amides is 2. The molecular weight excluding hydrogens is 446 g/mol. The van der Waals surface area contributed by atoms with Crippen LogP contribution >= 0.6 is 0 Å². The van der Waals surface area contributed by atoms with Crippen molar-refractivity contribution in [3.63, 3.8) is 0 Å². The number of para-hydroxylation sites is 2. The van der Waals surface area contributed by atoms with Gasteiger partial charge in [0.25, 0.3) is 11.8 Å². The Kier molecular flexibility index (Phi) is 5.55. The fraction of sp³-hybridized carbons (Fsp3) is 0.0800. The lowest BCUT2D eigenvalue weighted by atomic mass is 9.88. The van der Waals surface area contributed by atoms with Crippen LogP contribution in [0.25, 0.3) is 22.1 Å². The number of H-pyrrole nitrogens is 1. The van der Waals surface area contributed by atoms with Crippen LogP contribution in [0.4, 0.5) is 11.6 Å². The van der Waals surface area contributed by atoms with Crippen LogP contribution in [-0.2, 0) is 4.79 Å². The minimum absolute atomic E-state index is 0.112. The number of imidazole rings is 1. The van der Waals surface area contributed by atoms with Crippen LogP contribution in [0, 0.1) is 0 Å². The Morgan fingerprint density at radius 1 is 0.886 bits per heavy atom. The summed E-state index contributed by atoms with van der Waals surface area (Å²) in [5.74, 6) is -2.27. The van der Waals surface area contributed by atoms with E-state index in [4.69, 9.17) is 11.5 Å². The predicted molar refractivity (Wildman–Crippen MR) is 131 cm³/mol. The lowest BCUT2D eigenvalue weighted by molar-refractivity contribution is -0.124. The van der Waals surface area contributed by atoms with Gasteiger partial charge in [-0.25, -0.2) is 15.0 Å². The number of aromatic amines is 1. The first-order valence-corrected chi connectivity index (χ1v) is 10.8. The van der Waals surface area contributed by atoms with Gasteiger partial charge in [0, 0.05) is 5.69 Å². The van der Waals surface area contributed by atoms with Crippen LogP contribution in [0.2, 0.25) is 0 Å². The Balaban J connectivity index is 1.57. The smallest absolute Gasteiger partial charge is 0.269 e. The van der Waals surface area contributed by atoms with Crippen LogP contribution in [-0.4, -0.2) is 43.0 Å². The second kappa shape index (κ2) is 8.84. The summed E-state index contributed by atoms with van der Waals surface area (Å²) in [6.07, 6.45) is -1.62. The monoisotopic (exact) mass is 467 g/mol. The minimum Gasteiger partial charge on any atom is -0.382 e. The molecule has 2 heterocycles. The molecule has 0 radical (unpaired) electrons. The molecule has 3 aromatic carbocycles. The van der Waals surface area contributed by atoms with E-state index in [0.29, 0.717) is 33.3 Å². The quantitative estimate of drug-likeness (QED) is 0.255. The largest absolute Gasteiger partial charge is 0.382 e. The number of anilines is 2. The van der Waals surface area contributed by atoms with Crippen LogP contribution in [0.15, 0.2) is 72.8 Å². The number of aliphatic hydroxyl groups excluding tert-OH is 1. The Labute approximate surface area is 199 Å². The normalized spacial score (nSPS) is 12.9. The van der Waals surface area contributed by atoms with E-state index in [9.17, 15) is 14.7 Å². The average Bonchev–Trinajstić information content (AvgIpc) is 3.23. The molecule has 2 unspecified atom stereocenters. The van der Waals surface area contributed by atoms with E-state index in [2.05, 4.69) is 25.3 Å². The highest BCUT2D eigenvalue weighted by molar-refractivity contribution is 5.98. The van der Waals surface area contributed by atoms with Gasteiger partial charge in [-0.2, -0.15) is 0 Å². The SMILES string of the molecule is NC(=O)c1nc2ccccc2nc1C(c1ccccc1)C(O)C(=O)Nc1ccc2nc(N)[nH]c2c1. The molecule has 0 aliphatic heterocycles. The number of nitrogens with one attached hydrogen (secondary N) is 2. The number of rotatable bonds is 6. The van der Waals surface area contributed by atoms with Gasteiger partial charge in [-0.3, -0.25) is 9.59 Å². The highest BCUT2D eigenvalue weighted by Gasteiger charge is 2.34. The Morgan fingerprint density at radius 3 is 2.29 bits per heavy atom. The first-order chi connectivity index (χ1) is 16.9. The fourth-order valence-electron chi connectivity index (χ4n) is 4.04. The van der Waals surface area contributed by atoms with E-state index in [1.165, 1.54) is 0 Å². The summed E-state index contributed by atoms with van der Waals surface area (Å²) in [4.78, 5) is 41.5. The van der Waals surface area contributed by atoms with Gasteiger partial charge in [0.05, 0.1) is 33.7 Å². The van der Waals surface area contributed by atoms with Gasteiger partial charge in [0.1, 0.15) is 6.10 Å². The van der Waals surface area contributed by atoms with E-state index in [0.717, 1.165) is 0 Å². The first kappa shape index (κ1) is 22.0. The number of nitrogen functional groups attached to an aromatic ring is 1. The lowest BCUT2D eigenvalue weighted by Crippen LogP contribution is -2.35. The standard InChI is InChI=1S/C25H21N7O3/c26-23(34)21-20(29-15-8-4-5-9-16(15)30-21)19(13-6-2-1-3-7-13)22(33)24(35)28-14-10-11-17-18(12-14)32-25(27)31-17/h1-12,19,22,33H,(H2,26,34)(H,28,35)(H3,27,31,32). The van der Waals surface area contributed by atoms with Crippen molar-refractivity contribution in [1.82, 2.24) is 19.9 Å². The van der Waals surface area contributed by atoms with Gasteiger partial charge in [-0.15, -0.1) is 0 Å². The van der Waals surface area contributed by atoms with Gasteiger partial charge in [0.2, 0.25) is 0 Å². The number of hydrogen-bond acceptors (Lipinski definition) is 7. The van der Waals surface area contributed by atoms with Gasteiger partial charge < -0.3 is 26.9 Å². The van der Waals surface area contributed by atoms with E-state index in [-0.39, 0.29) is 17.3 Å². The van der Waals surface area contributed by atoms with Gasteiger partial charge >= 0.3 is 0 Å². The number of nitrogens with zero attached hydrogens (tertiary/aromatic N) is 3. The zero-order valence-electron chi connectivity index (χ0n) is 18.3. The minimum atomic E-state index is -1.62. The average molecular weight is 467 g/mol. The second-order valence-electron chi connectivity index (χ2n) is 7.99. The molecular formula is C25H21N7O3. The van der Waals surface area contributed by atoms with Crippen LogP contribution in [0.1, 0.15) is 27.7 Å². The molecule has 174 valence electrons. The van der Waals surface area contributed by atoms with Gasteiger partial charge in [-0.1, -0.05) is 42.5 Å². The Hall–Kier alpha value is -4.83. The Bertz CT molecular complexity index is 1570. The highest BCUT2D eigenvalue weighted by atomic mass is 16.3. The number of aliphatic hydroxyl groups is 1.